The molecule has 1 aliphatic rings. The molecule has 1 aliphatic heterocycles. The molecule has 0 saturated carbocycles. The van der Waals surface area contributed by atoms with Gasteiger partial charge in [0.15, 0.2) is 0 Å². The first-order valence-corrected chi connectivity index (χ1v) is 8.02. The molecule has 6 heteroatoms. The van der Waals surface area contributed by atoms with E-state index >= 15 is 0 Å². The van der Waals surface area contributed by atoms with Crippen molar-refractivity contribution in [2.24, 2.45) is 0 Å². The third kappa shape index (κ3) is 3.03. The summed E-state index contributed by atoms with van der Waals surface area (Å²) in [5.41, 5.74) is 3.11. The van der Waals surface area contributed by atoms with Crippen LogP contribution in [0.25, 0.3) is 0 Å². The number of hydrogen-bond donors (Lipinski definition) is 1. The number of benzene rings is 2. The van der Waals surface area contributed by atoms with Crippen molar-refractivity contribution in [2.45, 2.75) is 13.8 Å². The summed E-state index contributed by atoms with van der Waals surface area (Å²) in [6.45, 7) is 3.81. The van der Waals surface area contributed by atoms with Gasteiger partial charge in [0.1, 0.15) is 10.7 Å². The van der Waals surface area contributed by atoms with E-state index in [0.717, 1.165) is 16.0 Å². The van der Waals surface area contributed by atoms with Crippen molar-refractivity contribution in [3.63, 3.8) is 0 Å². The Labute approximate surface area is 149 Å². The van der Waals surface area contributed by atoms with Crippen molar-refractivity contribution in [3.8, 4) is 0 Å². The van der Waals surface area contributed by atoms with Crippen molar-refractivity contribution in [2.75, 3.05) is 10.2 Å². The molecule has 1 N–H and O–H groups in total. The summed E-state index contributed by atoms with van der Waals surface area (Å²) in [5, 5.41) is 3.35. The number of aryl methyl sites for hydroxylation is 2. The SMILES string of the molecule is Cc1cc(C)cc(N2C(=O)C(Cl)=C(Nc3ccc(Cl)cc3)C2=O)c1. The van der Waals surface area contributed by atoms with E-state index in [1.165, 1.54) is 0 Å². The van der Waals surface area contributed by atoms with Gasteiger partial charge in [-0.15, -0.1) is 0 Å². The number of rotatable bonds is 3. The highest BCUT2D eigenvalue weighted by molar-refractivity contribution is 6.53. The summed E-state index contributed by atoms with van der Waals surface area (Å²) in [6.07, 6.45) is 0. The lowest BCUT2D eigenvalue weighted by Gasteiger charge is -2.16. The Balaban J connectivity index is 1.94. The summed E-state index contributed by atoms with van der Waals surface area (Å²) in [5.74, 6) is -1.02. The Kier molecular flexibility index (Phi) is 4.35. The van der Waals surface area contributed by atoms with Gasteiger partial charge in [-0.2, -0.15) is 0 Å². The Hall–Kier alpha value is -2.30. The quantitative estimate of drug-likeness (QED) is 0.825. The highest BCUT2D eigenvalue weighted by Gasteiger charge is 2.39. The molecule has 122 valence electrons. The lowest BCUT2D eigenvalue weighted by molar-refractivity contribution is -0.120. The molecule has 0 aliphatic carbocycles. The van der Waals surface area contributed by atoms with Crippen LogP contribution in [0.3, 0.4) is 0 Å². The fraction of sp³-hybridized carbons (Fsp3) is 0.111. The Morgan fingerprint density at radius 1 is 0.875 bits per heavy atom. The molecule has 0 aromatic heterocycles. The zero-order valence-corrected chi connectivity index (χ0v) is 14.6. The molecule has 3 rings (SSSR count). The van der Waals surface area contributed by atoms with Gasteiger partial charge in [0.25, 0.3) is 11.8 Å². The molecule has 0 atom stereocenters. The number of halogens is 2. The van der Waals surface area contributed by atoms with Crippen LogP contribution in [-0.4, -0.2) is 11.8 Å². The molecule has 0 bridgehead atoms. The van der Waals surface area contributed by atoms with Crippen LogP contribution in [0, 0.1) is 13.8 Å². The maximum atomic E-state index is 12.7. The summed E-state index contributed by atoms with van der Waals surface area (Å²) in [6, 6.07) is 12.3. The van der Waals surface area contributed by atoms with Gasteiger partial charge in [-0.1, -0.05) is 29.3 Å². The Bertz CT molecular complexity index is 853. The van der Waals surface area contributed by atoms with E-state index in [4.69, 9.17) is 23.2 Å². The van der Waals surface area contributed by atoms with Crippen LogP contribution in [0.2, 0.25) is 5.02 Å². The fourth-order valence-electron chi connectivity index (χ4n) is 2.60. The van der Waals surface area contributed by atoms with Gasteiger partial charge in [-0.25, -0.2) is 4.90 Å². The molecule has 4 nitrogen and oxygen atoms in total. The van der Waals surface area contributed by atoms with Crippen molar-refractivity contribution in [3.05, 3.63) is 69.3 Å². The number of nitrogens with zero attached hydrogens (tertiary/aromatic N) is 1. The monoisotopic (exact) mass is 360 g/mol. The maximum Gasteiger partial charge on any atom is 0.283 e. The summed E-state index contributed by atoms with van der Waals surface area (Å²) in [7, 11) is 0. The van der Waals surface area contributed by atoms with Crippen LogP contribution in [0.4, 0.5) is 11.4 Å². The number of carbonyl (C=O) groups is 2. The molecule has 2 amide bonds. The molecule has 0 fully saturated rings. The molecule has 0 unspecified atom stereocenters. The van der Waals surface area contributed by atoms with Gasteiger partial charge >= 0.3 is 0 Å². The number of amides is 2. The molecular formula is C18H14Cl2N2O2. The van der Waals surface area contributed by atoms with Crippen LogP contribution < -0.4 is 10.2 Å². The van der Waals surface area contributed by atoms with E-state index < -0.39 is 11.8 Å². The molecular weight excluding hydrogens is 347 g/mol. The first-order chi connectivity index (χ1) is 11.4. The van der Waals surface area contributed by atoms with Gasteiger partial charge in [-0.05, 0) is 61.4 Å². The standard InChI is InChI=1S/C18H14Cl2N2O2/c1-10-7-11(2)9-14(8-10)22-17(23)15(20)16(18(22)24)21-13-5-3-12(19)4-6-13/h3-9,21H,1-2H3. The van der Waals surface area contributed by atoms with Crippen molar-refractivity contribution >= 4 is 46.4 Å². The third-order valence-corrected chi connectivity index (χ3v) is 4.21. The first kappa shape index (κ1) is 16.6. The minimum absolute atomic E-state index is 0.0585. The number of carbonyl (C=O) groups excluding carboxylic acids is 2. The van der Waals surface area contributed by atoms with E-state index in [1.807, 2.05) is 19.9 Å². The van der Waals surface area contributed by atoms with Gasteiger partial charge < -0.3 is 5.32 Å². The van der Waals surface area contributed by atoms with Crippen LogP contribution in [0.1, 0.15) is 11.1 Å². The van der Waals surface area contributed by atoms with Gasteiger partial charge in [-0.3, -0.25) is 9.59 Å². The van der Waals surface area contributed by atoms with E-state index in [2.05, 4.69) is 5.32 Å². The highest BCUT2D eigenvalue weighted by atomic mass is 35.5. The number of nitrogens with one attached hydrogen (secondary N) is 1. The fourth-order valence-corrected chi connectivity index (χ4v) is 2.94. The molecule has 0 spiro atoms. The number of hydrogen-bond acceptors (Lipinski definition) is 3. The van der Waals surface area contributed by atoms with E-state index in [-0.39, 0.29) is 10.7 Å². The lowest BCUT2D eigenvalue weighted by Crippen LogP contribution is -2.32. The second-order valence-electron chi connectivity index (χ2n) is 5.61. The van der Waals surface area contributed by atoms with Gasteiger partial charge in [0, 0.05) is 10.7 Å². The first-order valence-electron chi connectivity index (χ1n) is 7.26. The molecule has 1 heterocycles. The largest absolute Gasteiger partial charge is 0.350 e. The topological polar surface area (TPSA) is 49.4 Å². The lowest BCUT2D eigenvalue weighted by atomic mass is 10.1. The average Bonchev–Trinajstić information content (AvgIpc) is 2.72. The van der Waals surface area contributed by atoms with Crippen molar-refractivity contribution < 1.29 is 9.59 Å². The zero-order valence-electron chi connectivity index (χ0n) is 13.1. The highest BCUT2D eigenvalue weighted by Crippen LogP contribution is 2.31. The van der Waals surface area contributed by atoms with Gasteiger partial charge in [0.2, 0.25) is 0 Å². The normalized spacial score (nSPS) is 14.6. The minimum atomic E-state index is -0.539. The average molecular weight is 361 g/mol. The summed E-state index contributed by atoms with van der Waals surface area (Å²) < 4.78 is 0. The van der Waals surface area contributed by atoms with Crippen molar-refractivity contribution in [1.82, 2.24) is 0 Å². The smallest absolute Gasteiger partial charge is 0.283 e. The summed E-state index contributed by atoms with van der Waals surface area (Å²) >= 11 is 12.0. The second-order valence-corrected chi connectivity index (χ2v) is 6.43. The van der Waals surface area contributed by atoms with E-state index in [9.17, 15) is 9.59 Å². The predicted molar refractivity (Wildman–Crippen MR) is 96.4 cm³/mol. The van der Waals surface area contributed by atoms with Crippen LogP contribution in [0.15, 0.2) is 53.2 Å². The molecule has 24 heavy (non-hydrogen) atoms. The summed E-state index contributed by atoms with van der Waals surface area (Å²) in [4.78, 5) is 26.2. The molecule has 0 radical (unpaired) electrons. The zero-order chi connectivity index (χ0) is 17.4. The molecule has 0 saturated heterocycles. The Morgan fingerprint density at radius 3 is 2.04 bits per heavy atom. The Morgan fingerprint density at radius 2 is 1.46 bits per heavy atom. The second kappa shape index (κ2) is 6.30. The number of imide groups is 1. The molecule has 2 aromatic carbocycles. The molecule has 2 aromatic rings. The van der Waals surface area contributed by atoms with E-state index in [1.54, 1.807) is 36.4 Å². The van der Waals surface area contributed by atoms with E-state index in [0.29, 0.717) is 16.4 Å². The van der Waals surface area contributed by atoms with Crippen LogP contribution in [-0.2, 0) is 9.59 Å². The minimum Gasteiger partial charge on any atom is -0.350 e. The van der Waals surface area contributed by atoms with Gasteiger partial charge in [0.05, 0.1) is 5.69 Å². The number of anilines is 2. The van der Waals surface area contributed by atoms with Crippen LogP contribution >= 0.6 is 23.2 Å². The maximum absolute atomic E-state index is 12.7. The third-order valence-electron chi connectivity index (χ3n) is 3.61. The van der Waals surface area contributed by atoms with Crippen LogP contribution in [0.5, 0.6) is 0 Å². The van der Waals surface area contributed by atoms with Crippen molar-refractivity contribution in [1.29, 1.82) is 0 Å². The predicted octanol–water partition coefficient (Wildman–Crippen LogP) is 4.39.